The summed E-state index contributed by atoms with van der Waals surface area (Å²) >= 11 is 0. The average Bonchev–Trinajstić information content (AvgIpc) is 3.17. The number of rotatable bonds is 5. The Bertz CT molecular complexity index is 1190. The van der Waals surface area contributed by atoms with Crippen LogP contribution in [0.3, 0.4) is 0 Å². The minimum atomic E-state index is -0.222. The van der Waals surface area contributed by atoms with Crippen LogP contribution in [0.2, 0.25) is 0 Å². The molecule has 5 rings (SSSR count). The van der Waals surface area contributed by atoms with Crippen molar-refractivity contribution in [2.75, 3.05) is 0 Å². The minimum Gasteiger partial charge on any atom is -0.328 e. The molecule has 31 heavy (non-hydrogen) atoms. The lowest BCUT2D eigenvalue weighted by Gasteiger charge is -2.28. The highest BCUT2D eigenvalue weighted by Crippen LogP contribution is 2.34. The van der Waals surface area contributed by atoms with Gasteiger partial charge in [0.15, 0.2) is 0 Å². The number of benzene rings is 2. The number of likely N-dealkylation sites (tertiary alicyclic amines) is 1. The first kappa shape index (κ1) is 19.4. The first-order valence-corrected chi connectivity index (χ1v) is 10.7. The number of carbonyl (C=O) groups is 1. The molecule has 0 radical (unpaired) electrons. The molecule has 0 N–H and O–H groups in total. The van der Waals surface area contributed by atoms with E-state index in [1.54, 1.807) is 10.8 Å². The van der Waals surface area contributed by atoms with E-state index in [1.807, 2.05) is 65.6 Å². The second kappa shape index (κ2) is 8.30. The molecule has 2 aliphatic rings. The first-order valence-electron chi connectivity index (χ1n) is 10.7. The maximum absolute atomic E-state index is 13.4. The smallest absolute Gasteiger partial charge is 0.280 e. The minimum absolute atomic E-state index is 0.102. The molecule has 1 unspecified atom stereocenters. The molecule has 0 saturated carbocycles. The summed E-state index contributed by atoms with van der Waals surface area (Å²) in [5, 5.41) is 0. The summed E-state index contributed by atoms with van der Waals surface area (Å²) in [5.74, 6) is 0.775. The summed E-state index contributed by atoms with van der Waals surface area (Å²) in [6.07, 6.45) is 4.40. The second-order valence-electron chi connectivity index (χ2n) is 8.05. The van der Waals surface area contributed by atoms with Gasteiger partial charge in [0.2, 0.25) is 5.91 Å². The summed E-state index contributed by atoms with van der Waals surface area (Å²) in [4.78, 5) is 37.4. The van der Waals surface area contributed by atoms with Crippen molar-refractivity contribution in [1.82, 2.24) is 14.5 Å². The maximum Gasteiger partial charge on any atom is 0.280 e. The molecular weight excluding hydrogens is 388 g/mol. The zero-order valence-corrected chi connectivity index (χ0v) is 17.3. The molecule has 0 bridgehead atoms. The maximum atomic E-state index is 13.4. The van der Waals surface area contributed by atoms with Crippen molar-refractivity contribution in [1.29, 1.82) is 0 Å². The van der Waals surface area contributed by atoms with Crippen LogP contribution in [0, 0.1) is 0 Å². The zero-order chi connectivity index (χ0) is 21.2. The van der Waals surface area contributed by atoms with Gasteiger partial charge in [-0.05, 0) is 30.4 Å². The SMILES string of the molecule is O=C1CCC(c2nc3c(c(=O)n2Cc2ccccc2)N=CCC3)N1Cc1ccccc1. The zero-order valence-electron chi connectivity index (χ0n) is 17.3. The fourth-order valence-electron chi connectivity index (χ4n) is 4.42. The molecule has 0 aliphatic carbocycles. The number of aliphatic imine (C=N–C) groups is 1. The van der Waals surface area contributed by atoms with Gasteiger partial charge in [-0.15, -0.1) is 0 Å². The van der Waals surface area contributed by atoms with Crippen LogP contribution >= 0.6 is 0 Å². The molecule has 1 aromatic heterocycles. The number of aromatic nitrogens is 2. The van der Waals surface area contributed by atoms with E-state index >= 15 is 0 Å². The van der Waals surface area contributed by atoms with Crippen LogP contribution in [0.1, 0.15) is 47.9 Å². The van der Waals surface area contributed by atoms with Gasteiger partial charge in [-0.2, -0.15) is 0 Å². The Morgan fingerprint density at radius 1 is 0.871 bits per heavy atom. The lowest BCUT2D eigenvalue weighted by Crippen LogP contribution is -2.35. The lowest BCUT2D eigenvalue weighted by molar-refractivity contribution is -0.129. The quantitative estimate of drug-likeness (QED) is 0.640. The van der Waals surface area contributed by atoms with Crippen LogP contribution in [0.25, 0.3) is 0 Å². The number of amides is 1. The van der Waals surface area contributed by atoms with Crippen molar-refractivity contribution in [2.24, 2.45) is 4.99 Å². The van der Waals surface area contributed by atoms with Crippen LogP contribution < -0.4 is 5.56 Å². The molecule has 2 aromatic carbocycles. The average molecular weight is 412 g/mol. The van der Waals surface area contributed by atoms with E-state index in [0.29, 0.717) is 43.9 Å². The van der Waals surface area contributed by atoms with Gasteiger partial charge in [0, 0.05) is 19.2 Å². The van der Waals surface area contributed by atoms with Gasteiger partial charge in [-0.25, -0.2) is 4.98 Å². The van der Waals surface area contributed by atoms with E-state index < -0.39 is 0 Å². The highest BCUT2D eigenvalue weighted by molar-refractivity contribution is 5.79. The normalized spacial score (nSPS) is 17.7. The third kappa shape index (κ3) is 3.81. The van der Waals surface area contributed by atoms with E-state index in [2.05, 4.69) is 4.99 Å². The third-order valence-corrected chi connectivity index (χ3v) is 5.98. The number of nitrogens with zero attached hydrogens (tertiary/aromatic N) is 4. The number of carbonyl (C=O) groups excluding carboxylic acids is 1. The third-order valence-electron chi connectivity index (χ3n) is 5.98. The Hall–Kier alpha value is -3.54. The number of fused-ring (bicyclic) bond motifs is 1. The van der Waals surface area contributed by atoms with Gasteiger partial charge in [0.25, 0.3) is 5.56 Å². The molecule has 2 aliphatic heterocycles. The molecule has 6 nitrogen and oxygen atoms in total. The summed E-state index contributed by atoms with van der Waals surface area (Å²) < 4.78 is 1.72. The fraction of sp³-hybridized carbons (Fsp3) is 0.280. The van der Waals surface area contributed by atoms with Gasteiger partial charge in [-0.3, -0.25) is 19.1 Å². The van der Waals surface area contributed by atoms with E-state index in [4.69, 9.17) is 4.98 Å². The van der Waals surface area contributed by atoms with Gasteiger partial charge in [0.1, 0.15) is 11.5 Å². The van der Waals surface area contributed by atoms with Crippen molar-refractivity contribution in [2.45, 2.75) is 44.8 Å². The Labute approximate surface area is 180 Å². The van der Waals surface area contributed by atoms with Crippen LogP contribution in [0.15, 0.2) is 70.5 Å². The Balaban J connectivity index is 1.60. The number of hydrogen-bond acceptors (Lipinski definition) is 4. The van der Waals surface area contributed by atoms with Crippen LogP contribution in [-0.2, 0) is 24.3 Å². The molecule has 1 saturated heterocycles. The van der Waals surface area contributed by atoms with Crippen molar-refractivity contribution in [3.63, 3.8) is 0 Å². The van der Waals surface area contributed by atoms with E-state index in [0.717, 1.165) is 23.2 Å². The molecule has 6 heteroatoms. The standard InChI is InChI=1S/C25H24N4O2/c30-22-14-13-21(28(22)16-18-8-3-1-4-9-18)24-27-20-12-7-15-26-23(20)25(31)29(24)17-19-10-5-2-6-11-19/h1-6,8-11,15,21H,7,12-14,16-17H2. The second-order valence-corrected chi connectivity index (χ2v) is 8.05. The number of aryl methyl sites for hydroxylation is 1. The van der Waals surface area contributed by atoms with E-state index in [1.165, 1.54) is 0 Å². The molecule has 0 spiro atoms. The van der Waals surface area contributed by atoms with Gasteiger partial charge >= 0.3 is 0 Å². The summed E-state index contributed by atoms with van der Waals surface area (Å²) in [6.45, 7) is 0.926. The predicted molar refractivity (Wildman–Crippen MR) is 119 cm³/mol. The molecule has 3 aromatic rings. The Morgan fingerprint density at radius 2 is 1.55 bits per heavy atom. The molecule has 156 valence electrons. The Morgan fingerprint density at radius 3 is 2.26 bits per heavy atom. The number of hydrogen-bond donors (Lipinski definition) is 0. The van der Waals surface area contributed by atoms with E-state index in [-0.39, 0.29) is 17.5 Å². The highest BCUT2D eigenvalue weighted by Gasteiger charge is 2.36. The first-order chi connectivity index (χ1) is 15.2. The molecule has 1 fully saturated rings. The molecular formula is C25H24N4O2. The van der Waals surface area contributed by atoms with Crippen molar-refractivity contribution in [3.8, 4) is 0 Å². The topological polar surface area (TPSA) is 67.6 Å². The van der Waals surface area contributed by atoms with Gasteiger partial charge < -0.3 is 4.90 Å². The van der Waals surface area contributed by atoms with Crippen LogP contribution in [0.4, 0.5) is 5.69 Å². The van der Waals surface area contributed by atoms with Crippen molar-refractivity contribution < 1.29 is 4.79 Å². The van der Waals surface area contributed by atoms with Crippen molar-refractivity contribution >= 4 is 17.8 Å². The summed E-state index contributed by atoms with van der Waals surface area (Å²) in [6, 6.07) is 19.6. The summed E-state index contributed by atoms with van der Waals surface area (Å²) in [5.41, 5.74) is 3.14. The van der Waals surface area contributed by atoms with Gasteiger partial charge in [0.05, 0.1) is 18.3 Å². The molecule has 1 atom stereocenters. The predicted octanol–water partition coefficient (Wildman–Crippen LogP) is 3.80. The summed E-state index contributed by atoms with van der Waals surface area (Å²) in [7, 11) is 0. The van der Waals surface area contributed by atoms with Gasteiger partial charge in [-0.1, -0.05) is 60.7 Å². The van der Waals surface area contributed by atoms with Crippen LogP contribution in [-0.4, -0.2) is 26.6 Å². The lowest BCUT2D eigenvalue weighted by atomic mass is 10.1. The Kier molecular flexibility index (Phi) is 5.20. The van der Waals surface area contributed by atoms with Crippen molar-refractivity contribution in [3.05, 3.63) is 93.7 Å². The largest absolute Gasteiger partial charge is 0.328 e. The molecule has 1 amide bonds. The van der Waals surface area contributed by atoms with Crippen LogP contribution in [0.5, 0.6) is 0 Å². The fourth-order valence-corrected chi connectivity index (χ4v) is 4.42. The highest BCUT2D eigenvalue weighted by atomic mass is 16.2. The monoisotopic (exact) mass is 412 g/mol. The van der Waals surface area contributed by atoms with E-state index in [9.17, 15) is 9.59 Å². The molecule has 3 heterocycles.